The summed E-state index contributed by atoms with van der Waals surface area (Å²) in [6, 6.07) is 32.0. The van der Waals surface area contributed by atoms with Crippen molar-refractivity contribution in [3.8, 4) is 11.5 Å². The topological polar surface area (TPSA) is 18.5 Å². The average Bonchev–Trinajstić information content (AvgIpc) is 2.75. The van der Waals surface area contributed by atoms with Gasteiger partial charge in [0.2, 0.25) is 0 Å². The van der Waals surface area contributed by atoms with Crippen molar-refractivity contribution in [1.29, 1.82) is 0 Å². The zero-order chi connectivity index (χ0) is 18.6. The molecular formula is C24H21O2P. The van der Waals surface area contributed by atoms with Crippen LogP contribution in [-0.4, -0.2) is 14.2 Å². The number of ether oxygens (including phenoxy) is 2. The largest absolute Gasteiger partial charge is 0.497 e. The highest BCUT2D eigenvalue weighted by atomic mass is 31.1. The Bertz CT molecular complexity index is 987. The maximum atomic E-state index is 5.35. The third-order valence-electron chi connectivity index (χ3n) is 4.67. The minimum absolute atomic E-state index is 0.692. The van der Waals surface area contributed by atoms with Gasteiger partial charge in [-0.15, -0.1) is 0 Å². The Labute approximate surface area is 161 Å². The Hall–Kier alpha value is -2.83. The summed E-state index contributed by atoms with van der Waals surface area (Å²) in [5.74, 6) is 1.75. The molecule has 0 heterocycles. The molecule has 4 aromatic rings. The van der Waals surface area contributed by atoms with Crippen molar-refractivity contribution in [2.24, 2.45) is 0 Å². The van der Waals surface area contributed by atoms with Crippen LogP contribution < -0.4 is 25.4 Å². The first-order valence-electron chi connectivity index (χ1n) is 8.86. The third-order valence-corrected chi connectivity index (χ3v) is 7.17. The summed E-state index contributed by atoms with van der Waals surface area (Å²) in [6.45, 7) is 0. The van der Waals surface area contributed by atoms with Gasteiger partial charge in [0.25, 0.3) is 0 Å². The van der Waals surface area contributed by atoms with Gasteiger partial charge in [0.15, 0.2) is 0 Å². The fraction of sp³-hybridized carbons (Fsp3) is 0.0833. The molecule has 0 aliphatic carbocycles. The molecule has 0 atom stereocenters. The van der Waals surface area contributed by atoms with Crippen LogP contribution >= 0.6 is 7.92 Å². The van der Waals surface area contributed by atoms with Gasteiger partial charge in [0, 0.05) is 0 Å². The van der Waals surface area contributed by atoms with Crippen molar-refractivity contribution >= 4 is 34.6 Å². The van der Waals surface area contributed by atoms with Gasteiger partial charge >= 0.3 is 0 Å². The molecule has 134 valence electrons. The van der Waals surface area contributed by atoms with Crippen molar-refractivity contribution in [3.63, 3.8) is 0 Å². The van der Waals surface area contributed by atoms with Crippen molar-refractivity contribution < 1.29 is 9.47 Å². The minimum Gasteiger partial charge on any atom is -0.497 e. The molecule has 4 aromatic carbocycles. The van der Waals surface area contributed by atoms with Crippen LogP contribution in [0.1, 0.15) is 0 Å². The Balaban J connectivity index is 1.91. The first kappa shape index (κ1) is 17.6. The number of hydrogen-bond acceptors (Lipinski definition) is 2. The predicted molar refractivity (Wildman–Crippen MR) is 116 cm³/mol. The van der Waals surface area contributed by atoms with E-state index in [1.165, 1.54) is 26.7 Å². The second-order valence-electron chi connectivity index (χ2n) is 6.23. The molecule has 0 saturated carbocycles. The van der Waals surface area contributed by atoms with Crippen LogP contribution in [0.5, 0.6) is 11.5 Å². The molecule has 0 unspecified atom stereocenters. The van der Waals surface area contributed by atoms with Gasteiger partial charge in [-0.05, 0) is 58.9 Å². The molecule has 0 saturated heterocycles. The van der Waals surface area contributed by atoms with Crippen LogP contribution in [0.3, 0.4) is 0 Å². The fourth-order valence-corrected chi connectivity index (χ4v) is 5.72. The first-order chi connectivity index (χ1) is 13.3. The van der Waals surface area contributed by atoms with E-state index in [0.717, 1.165) is 11.5 Å². The van der Waals surface area contributed by atoms with Gasteiger partial charge in [-0.2, -0.15) is 0 Å². The second-order valence-corrected chi connectivity index (χ2v) is 8.42. The van der Waals surface area contributed by atoms with Crippen LogP contribution in [0.2, 0.25) is 0 Å². The van der Waals surface area contributed by atoms with Gasteiger partial charge in [-0.1, -0.05) is 66.7 Å². The summed E-state index contributed by atoms with van der Waals surface area (Å²) in [5, 5.41) is 6.53. The van der Waals surface area contributed by atoms with Crippen molar-refractivity contribution in [3.05, 3.63) is 91.0 Å². The van der Waals surface area contributed by atoms with Gasteiger partial charge in [-0.3, -0.25) is 0 Å². The smallest absolute Gasteiger partial charge is 0.118 e. The Kier molecular flexibility index (Phi) is 5.09. The van der Waals surface area contributed by atoms with Crippen LogP contribution in [0.25, 0.3) is 10.8 Å². The van der Waals surface area contributed by atoms with E-state index < -0.39 is 7.92 Å². The molecule has 0 aromatic heterocycles. The normalized spacial score (nSPS) is 10.9. The number of fused-ring (bicyclic) bond motifs is 1. The summed E-state index contributed by atoms with van der Waals surface area (Å²) in [4.78, 5) is 0. The number of methoxy groups -OCH3 is 2. The molecule has 0 N–H and O–H groups in total. The highest BCUT2D eigenvalue weighted by Gasteiger charge is 2.19. The summed E-state index contributed by atoms with van der Waals surface area (Å²) >= 11 is 0. The number of hydrogen-bond donors (Lipinski definition) is 0. The zero-order valence-electron chi connectivity index (χ0n) is 15.4. The summed E-state index contributed by atoms with van der Waals surface area (Å²) in [6.07, 6.45) is 0. The van der Waals surface area contributed by atoms with E-state index in [1.807, 2.05) is 24.3 Å². The van der Waals surface area contributed by atoms with E-state index in [-0.39, 0.29) is 0 Å². The highest BCUT2D eigenvalue weighted by Crippen LogP contribution is 2.36. The molecule has 0 spiro atoms. The van der Waals surface area contributed by atoms with Crippen LogP contribution in [0.4, 0.5) is 0 Å². The van der Waals surface area contributed by atoms with Crippen LogP contribution in [0.15, 0.2) is 91.0 Å². The first-order valence-corrected chi connectivity index (χ1v) is 10.2. The summed E-state index contributed by atoms with van der Waals surface area (Å²) < 4.78 is 10.7. The lowest BCUT2D eigenvalue weighted by Crippen LogP contribution is -2.21. The SMILES string of the molecule is COc1ccc(P(c2ccc(OC)cc2)c2cccc3ccccc23)cc1. The molecule has 0 fully saturated rings. The van der Waals surface area contributed by atoms with Crippen LogP contribution in [0, 0.1) is 0 Å². The van der Waals surface area contributed by atoms with E-state index in [0.29, 0.717) is 0 Å². The Morgan fingerprint density at radius 3 is 1.63 bits per heavy atom. The predicted octanol–water partition coefficient (Wildman–Crippen LogP) is 4.62. The molecule has 0 aliphatic rings. The number of rotatable bonds is 5. The quantitative estimate of drug-likeness (QED) is 0.476. The second kappa shape index (κ2) is 7.82. The van der Waals surface area contributed by atoms with Crippen LogP contribution in [-0.2, 0) is 0 Å². The molecule has 4 rings (SSSR count). The maximum absolute atomic E-state index is 5.35. The van der Waals surface area contributed by atoms with Gasteiger partial charge in [0.05, 0.1) is 14.2 Å². The maximum Gasteiger partial charge on any atom is 0.118 e. The van der Waals surface area contributed by atoms with E-state index in [9.17, 15) is 0 Å². The lowest BCUT2D eigenvalue weighted by atomic mass is 10.1. The van der Waals surface area contributed by atoms with Crippen molar-refractivity contribution in [2.45, 2.75) is 0 Å². The van der Waals surface area contributed by atoms with Gasteiger partial charge in [-0.25, -0.2) is 0 Å². The van der Waals surface area contributed by atoms with E-state index in [4.69, 9.17) is 9.47 Å². The highest BCUT2D eigenvalue weighted by molar-refractivity contribution is 7.80. The van der Waals surface area contributed by atoms with Crippen molar-refractivity contribution in [2.75, 3.05) is 14.2 Å². The van der Waals surface area contributed by atoms with E-state index >= 15 is 0 Å². The molecule has 2 nitrogen and oxygen atoms in total. The molecular weight excluding hydrogens is 351 g/mol. The molecule has 3 heteroatoms. The summed E-state index contributed by atoms with van der Waals surface area (Å²) in [5.41, 5.74) is 0. The lowest BCUT2D eigenvalue weighted by Gasteiger charge is -2.21. The average molecular weight is 372 g/mol. The summed E-state index contributed by atoms with van der Waals surface area (Å²) in [7, 11) is 2.71. The van der Waals surface area contributed by atoms with E-state index in [1.54, 1.807) is 14.2 Å². The van der Waals surface area contributed by atoms with E-state index in [2.05, 4.69) is 66.7 Å². The monoisotopic (exact) mass is 372 g/mol. The standard InChI is InChI=1S/C24H21O2P/c1-25-19-10-14-21(15-11-19)27(22-16-12-20(26-2)13-17-22)24-9-5-7-18-6-3-4-8-23(18)24/h3-17H,1-2H3. The molecule has 27 heavy (non-hydrogen) atoms. The van der Waals surface area contributed by atoms with Gasteiger partial charge in [0.1, 0.15) is 11.5 Å². The number of benzene rings is 4. The van der Waals surface area contributed by atoms with Gasteiger partial charge < -0.3 is 9.47 Å². The fourth-order valence-electron chi connectivity index (χ4n) is 3.29. The van der Waals surface area contributed by atoms with Crippen molar-refractivity contribution in [1.82, 2.24) is 0 Å². The molecule has 0 radical (unpaired) electrons. The third kappa shape index (κ3) is 3.54. The Morgan fingerprint density at radius 1 is 0.556 bits per heavy atom. The molecule has 0 amide bonds. The lowest BCUT2D eigenvalue weighted by molar-refractivity contribution is 0.415. The molecule has 0 aliphatic heterocycles. The Morgan fingerprint density at radius 2 is 1.07 bits per heavy atom. The minimum atomic E-state index is -0.692. The zero-order valence-corrected chi connectivity index (χ0v) is 16.3. The molecule has 0 bridgehead atoms.